The number of fused-ring (bicyclic) bond motifs is 4. The van der Waals surface area contributed by atoms with Crippen LogP contribution in [0.15, 0.2) is 77.3 Å². The number of allylic oxidation sites excluding steroid dienone is 3. The molecule has 1 saturated carbocycles. The van der Waals surface area contributed by atoms with E-state index in [2.05, 4.69) is 37.8 Å². The molecule has 1 fully saturated rings. The fraction of sp³-hybridized carbons (Fsp3) is 0.323. The van der Waals surface area contributed by atoms with E-state index in [4.69, 9.17) is 9.72 Å². The lowest BCUT2D eigenvalue weighted by Gasteiger charge is -2.21. The van der Waals surface area contributed by atoms with Crippen LogP contribution in [0.1, 0.15) is 43.2 Å². The van der Waals surface area contributed by atoms with Crippen molar-refractivity contribution in [2.45, 2.75) is 42.4 Å². The zero-order valence-electron chi connectivity index (χ0n) is 23.4. The van der Waals surface area contributed by atoms with Gasteiger partial charge in [0.2, 0.25) is 21.9 Å². The van der Waals surface area contributed by atoms with Gasteiger partial charge in [-0.2, -0.15) is 4.98 Å². The number of carbonyl (C=O) groups is 1. The zero-order valence-corrected chi connectivity index (χ0v) is 24.3. The van der Waals surface area contributed by atoms with Crippen molar-refractivity contribution in [3.05, 3.63) is 83.6 Å². The van der Waals surface area contributed by atoms with E-state index in [9.17, 15) is 13.2 Å². The first-order valence-corrected chi connectivity index (χ1v) is 15.6. The number of nitrogens with one attached hydrogen (secondary N) is 4. The Hall–Kier alpha value is -4.22. The number of ether oxygens (including phenoxy) is 1. The molecule has 0 spiro atoms. The number of aromatic nitrogens is 2. The van der Waals surface area contributed by atoms with Crippen LogP contribution in [0, 0.1) is 0 Å². The minimum absolute atomic E-state index is 0.0439. The number of rotatable bonds is 6. The predicted molar refractivity (Wildman–Crippen MR) is 162 cm³/mol. The van der Waals surface area contributed by atoms with E-state index in [1.54, 1.807) is 37.6 Å². The monoisotopic (exact) mass is 586 g/mol. The first-order chi connectivity index (χ1) is 20.4. The number of para-hydroxylation sites is 1. The minimum atomic E-state index is -3.60. The molecular formula is C31H34N6O4S. The molecule has 218 valence electrons. The SMILES string of the molecule is COc1ccccc1C1(C(=O)NCC2=CC=C(c3cnc4nc3NCCCNS(=O)(=O)c3cccc(c3)N4)CC2)CC1. The topological polar surface area (TPSA) is 134 Å². The van der Waals surface area contributed by atoms with Crippen molar-refractivity contribution >= 4 is 39.0 Å². The van der Waals surface area contributed by atoms with Gasteiger partial charge in [-0.05, 0) is 61.9 Å². The van der Waals surface area contributed by atoms with Crippen LogP contribution in [0.3, 0.4) is 0 Å². The second kappa shape index (κ2) is 11.6. The van der Waals surface area contributed by atoms with Gasteiger partial charge >= 0.3 is 0 Å². The van der Waals surface area contributed by atoms with Crippen LogP contribution >= 0.6 is 0 Å². The summed E-state index contributed by atoms with van der Waals surface area (Å²) in [6.45, 7) is 1.34. The van der Waals surface area contributed by atoms with Crippen molar-refractivity contribution in [1.82, 2.24) is 20.0 Å². The average Bonchev–Trinajstić information content (AvgIpc) is 3.82. The van der Waals surface area contributed by atoms with Crippen molar-refractivity contribution in [3.63, 3.8) is 0 Å². The first kappa shape index (κ1) is 27.9. The van der Waals surface area contributed by atoms with E-state index in [0.717, 1.165) is 53.7 Å². The molecule has 11 heteroatoms. The van der Waals surface area contributed by atoms with Gasteiger partial charge < -0.3 is 20.7 Å². The molecule has 0 saturated heterocycles. The van der Waals surface area contributed by atoms with Crippen LogP contribution in [0.2, 0.25) is 0 Å². The molecule has 2 heterocycles. The van der Waals surface area contributed by atoms with Gasteiger partial charge in [0, 0.05) is 42.6 Å². The summed E-state index contributed by atoms with van der Waals surface area (Å²) in [6, 6.07) is 14.4. The molecule has 0 radical (unpaired) electrons. The van der Waals surface area contributed by atoms with Crippen molar-refractivity contribution in [3.8, 4) is 5.75 Å². The van der Waals surface area contributed by atoms with Crippen molar-refractivity contribution in [2.24, 2.45) is 0 Å². The number of nitrogens with zero attached hydrogens (tertiary/aromatic N) is 2. The van der Waals surface area contributed by atoms with E-state index >= 15 is 0 Å². The van der Waals surface area contributed by atoms with Crippen LogP contribution in [-0.4, -0.2) is 51.0 Å². The first-order valence-electron chi connectivity index (χ1n) is 14.2. The standard InChI is InChI=1S/C31H34N6O4S/c1-41-27-9-3-2-8-26(27)31(14-15-31)29(38)33-19-21-10-12-22(13-11-21)25-20-34-30-36-23-6-4-7-24(18-23)42(39,40)35-17-5-16-32-28(25)37-30/h2-4,6-10,12,18,20,35H,5,11,13-17,19H2,1H3,(H,33,38)(H2,32,34,36,37). The normalized spacial score (nSPS) is 18.8. The summed E-state index contributed by atoms with van der Waals surface area (Å²) in [5.41, 5.74) is 4.19. The molecule has 2 aromatic carbocycles. The Morgan fingerprint density at radius 1 is 1.07 bits per heavy atom. The van der Waals surface area contributed by atoms with E-state index in [0.29, 0.717) is 43.5 Å². The number of benzene rings is 2. The van der Waals surface area contributed by atoms with Gasteiger partial charge in [0.15, 0.2) is 0 Å². The third kappa shape index (κ3) is 5.75. The Labute approximate surface area is 245 Å². The summed E-state index contributed by atoms with van der Waals surface area (Å²) < 4.78 is 33.5. The zero-order chi connectivity index (χ0) is 29.2. The van der Waals surface area contributed by atoms with Gasteiger partial charge in [-0.1, -0.05) is 42.0 Å². The highest BCUT2D eigenvalue weighted by Gasteiger charge is 2.52. The van der Waals surface area contributed by atoms with E-state index in [1.807, 2.05) is 24.3 Å². The molecule has 4 bridgehead atoms. The Bertz CT molecular complexity index is 1680. The third-order valence-electron chi connectivity index (χ3n) is 7.99. The molecule has 4 N–H and O–H groups in total. The highest BCUT2D eigenvalue weighted by Crippen LogP contribution is 2.51. The lowest BCUT2D eigenvalue weighted by Crippen LogP contribution is -2.36. The molecule has 0 atom stereocenters. The summed E-state index contributed by atoms with van der Waals surface area (Å²) in [7, 11) is -1.97. The highest BCUT2D eigenvalue weighted by molar-refractivity contribution is 7.89. The van der Waals surface area contributed by atoms with Gasteiger partial charge in [0.05, 0.1) is 17.4 Å². The fourth-order valence-corrected chi connectivity index (χ4v) is 6.59. The van der Waals surface area contributed by atoms with Gasteiger partial charge in [-0.3, -0.25) is 4.79 Å². The average molecular weight is 587 g/mol. The molecule has 0 unspecified atom stereocenters. The maximum atomic E-state index is 13.2. The van der Waals surface area contributed by atoms with Crippen LogP contribution in [0.5, 0.6) is 5.75 Å². The van der Waals surface area contributed by atoms with Gasteiger partial charge in [0.1, 0.15) is 11.6 Å². The maximum Gasteiger partial charge on any atom is 0.240 e. The molecule has 2 aliphatic carbocycles. The molecule has 10 nitrogen and oxygen atoms in total. The second-order valence-electron chi connectivity index (χ2n) is 10.8. The molecule has 3 aromatic rings. The van der Waals surface area contributed by atoms with Crippen LogP contribution in [0.4, 0.5) is 17.5 Å². The summed E-state index contributed by atoms with van der Waals surface area (Å²) in [6.07, 6.45) is 9.76. The number of methoxy groups -OCH3 is 1. The largest absolute Gasteiger partial charge is 0.496 e. The maximum absolute atomic E-state index is 13.2. The summed E-state index contributed by atoms with van der Waals surface area (Å²) in [5, 5.41) is 9.66. The second-order valence-corrected chi connectivity index (χ2v) is 12.5. The Morgan fingerprint density at radius 3 is 2.71 bits per heavy atom. The van der Waals surface area contributed by atoms with Crippen LogP contribution < -0.4 is 25.4 Å². The summed E-state index contributed by atoms with van der Waals surface area (Å²) >= 11 is 0. The fourth-order valence-electron chi connectivity index (χ4n) is 5.47. The molecule has 1 aliphatic heterocycles. The van der Waals surface area contributed by atoms with Crippen molar-refractivity contribution in [2.75, 3.05) is 37.4 Å². The Balaban J connectivity index is 1.17. The number of sulfonamides is 1. The van der Waals surface area contributed by atoms with E-state index < -0.39 is 15.4 Å². The lowest BCUT2D eigenvalue weighted by molar-refractivity contribution is -0.123. The van der Waals surface area contributed by atoms with E-state index in [-0.39, 0.29) is 10.8 Å². The third-order valence-corrected chi connectivity index (χ3v) is 9.45. The number of hydrogen-bond acceptors (Lipinski definition) is 8. The van der Waals surface area contributed by atoms with Crippen LogP contribution in [0.25, 0.3) is 5.57 Å². The molecule has 42 heavy (non-hydrogen) atoms. The minimum Gasteiger partial charge on any atom is -0.496 e. The highest BCUT2D eigenvalue weighted by atomic mass is 32.2. The quantitative estimate of drug-likeness (QED) is 0.336. The molecule has 1 amide bonds. The van der Waals surface area contributed by atoms with Gasteiger partial charge in [-0.25, -0.2) is 18.1 Å². The molecule has 1 aromatic heterocycles. The summed E-state index contributed by atoms with van der Waals surface area (Å²) in [4.78, 5) is 22.7. The number of hydrogen-bond donors (Lipinski definition) is 4. The smallest absolute Gasteiger partial charge is 0.240 e. The molecule has 6 rings (SSSR count). The van der Waals surface area contributed by atoms with Gasteiger partial charge in [0.25, 0.3) is 0 Å². The van der Waals surface area contributed by atoms with Crippen molar-refractivity contribution in [1.29, 1.82) is 0 Å². The van der Waals surface area contributed by atoms with Crippen LogP contribution in [-0.2, 0) is 20.2 Å². The Morgan fingerprint density at radius 2 is 1.93 bits per heavy atom. The number of anilines is 3. The van der Waals surface area contributed by atoms with Crippen molar-refractivity contribution < 1.29 is 17.9 Å². The molecule has 3 aliphatic rings. The van der Waals surface area contributed by atoms with E-state index in [1.165, 1.54) is 0 Å². The lowest BCUT2D eigenvalue weighted by atomic mass is 9.92. The predicted octanol–water partition coefficient (Wildman–Crippen LogP) is 4.27. The number of carbonyl (C=O) groups excluding carboxylic acids is 1. The van der Waals surface area contributed by atoms with Gasteiger partial charge in [-0.15, -0.1) is 0 Å². The number of amides is 1. The summed E-state index contributed by atoms with van der Waals surface area (Å²) in [5.74, 6) is 1.87. The Kier molecular flexibility index (Phi) is 7.70. The molecular weight excluding hydrogens is 552 g/mol.